The number of aliphatic hydroxyl groups excluding tert-OH is 1. The quantitative estimate of drug-likeness (QED) is 0.283. The van der Waals surface area contributed by atoms with Gasteiger partial charge in [-0.05, 0) is 12.1 Å². The third kappa shape index (κ3) is 5.86. The van der Waals surface area contributed by atoms with Crippen LogP contribution in [0.1, 0.15) is 16.8 Å². The molecule has 2 N–H and O–H groups in total. The molecule has 0 saturated carbocycles. The molecule has 1 aliphatic heterocycles. The number of ether oxygens (including phenoxy) is 3. The highest BCUT2D eigenvalue weighted by molar-refractivity contribution is 6.18. The molecule has 0 aliphatic carbocycles. The van der Waals surface area contributed by atoms with Crippen molar-refractivity contribution in [3.05, 3.63) is 40.8 Å². The number of methoxy groups -OCH3 is 1. The zero-order chi connectivity index (χ0) is 20.5. The highest BCUT2D eigenvalue weighted by Crippen LogP contribution is 2.22. The molecular weight excluding hydrogens is 394 g/mol. The lowest BCUT2D eigenvalue weighted by Crippen LogP contribution is -2.58. The Morgan fingerprint density at radius 1 is 1.39 bits per heavy atom. The minimum absolute atomic E-state index is 0.0221. The van der Waals surface area contributed by atoms with Gasteiger partial charge in [0.25, 0.3) is 0 Å². The van der Waals surface area contributed by atoms with Crippen LogP contribution in [0.5, 0.6) is 0 Å². The number of rotatable bonds is 8. The van der Waals surface area contributed by atoms with Crippen molar-refractivity contribution < 1.29 is 28.9 Å². The Hall–Kier alpha value is -2.27. The number of nitrogens with one attached hydrogen (secondary N) is 1. The summed E-state index contributed by atoms with van der Waals surface area (Å²) in [5, 5.41) is 16.0. The topological polar surface area (TPSA) is 127 Å². The normalized spacial score (nSPS) is 24.2. The van der Waals surface area contributed by atoms with E-state index >= 15 is 0 Å². The van der Waals surface area contributed by atoms with Crippen molar-refractivity contribution in [3.63, 3.8) is 0 Å². The van der Waals surface area contributed by atoms with Gasteiger partial charge in [-0.1, -0.05) is 18.2 Å². The van der Waals surface area contributed by atoms with Crippen molar-refractivity contribution >= 4 is 23.6 Å². The van der Waals surface area contributed by atoms with E-state index in [-0.39, 0.29) is 25.5 Å². The molecule has 10 nitrogen and oxygen atoms in total. The number of hydrogen-bond acceptors (Lipinski definition) is 8. The number of carbonyl (C=O) groups excluding carboxylic acids is 2. The predicted octanol–water partition coefficient (Wildman–Crippen LogP) is 1.27. The number of nitrogens with zero attached hydrogens (tertiary/aromatic N) is 2. The molecule has 0 bridgehead atoms. The lowest BCUT2D eigenvalue weighted by molar-refractivity contribution is -0.241. The average Bonchev–Trinajstić information content (AvgIpc) is 2.72. The molecule has 11 heteroatoms. The molecule has 1 aromatic rings. The second-order valence-electron chi connectivity index (χ2n) is 6.00. The summed E-state index contributed by atoms with van der Waals surface area (Å²) in [6, 6.07) is 6.82. The van der Waals surface area contributed by atoms with Crippen LogP contribution in [-0.4, -0.2) is 72.8 Å². The first-order valence-electron chi connectivity index (χ1n) is 8.56. The van der Waals surface area contributed by atoms with E-state index in [1.165, 1.54) is 7.11 Å². The summed E-state index contributed by atoms with van der Waals surface area (Å²) >= 11 is 5.52. The number of carbonyl (C=O) groups is 2. The number of halogens is 1. The number of benzene rings is 1. The van der Waals surface area contributed by atoms with Crippen LogP contribution in [0.25, 0.3) is 0 Å². The van der Waals surface area contributed by atoms with Gasteiger partial charge in [-0.3, -0.25) is 0 Å². The van der Waals surface area contributed by atoms with Crippen molar-refractivity contribution in [2.45, 2.75) is 31.0 Å². The summed E-state index contributed by atoms with van der Waals surface area (Å²) in [5.74, 6) is -0.503. The molecule has 1 aromatic carbocycles. The fourth-order valence-electron chi connectivity index (χ4n) is 2.70. The van der Waals surface area contributed by atoms with Gasteiger partial charge in [0, 0.05) is 19.4 Å². The molecule has 1 heterocycles. The standard InChI is InChI=1S/C17H22ClN3O7/c1-26-16-14(22)13(19-17(24)21(20-25)8-7-18)9-12(28-16)10-27-15(23)11-5-3-2-4-6-11/h2-6,12-14,16,22H,7-10H2,1H3,(H,19,24)/t12-,13-,14+,16+/m0/s1. The zero-order valence-electron chi connectivity index (χ0n) is 15.2. The van der Waals surface area contributed by atoms with E-state index in [9.17, 15) is 19.6 Å². The summed E-state index contributed by atoms with van der Waals surface area (Å²) in [6.45, 7) is -0.188. The maximum absolute atomic E-state index is 12.1. The Kier molecular flexibility index (Phi) is 8.58. The number of aliphatic hydroxyl groups is 1. The highest BCUT2D eigenvalue weighted by atomic mass is 35.5. The van der Waals surface area contributed by atoms with Crippen molar-refractivity contribution in [1.82, 2.24) is 10.3 Å². The van der Waals surface area contributed by atoms with Gasteiger partial charge in [-0.25, -0.2) is 9.59 Å². The minimum atomic E-state index is -1.19. The van der Waals surface area contributed by atoms with Crippen LogP contribution in [0, 0.1) is 4.91 Å². The highest BCUT2D eigenvalue weighted by Gasteiger charge is 2.39. The monoisotopic (exact) mass is 415 g/mol. The lowest BCUT2D eigenvalue weighted by Gasteiger charge is -2.38. The molecule has 2 rings (SSSR count). The van der Waals surface area contributed by atoms with Crippen molar-refractivity contribution in [2.24, 2.45) is 5.29 Å². The number of esters is 1. The van der Waals surface area contributed by atoms with E-state index in [0.29, 0.717) is 10.6 Å². The molecule has 2 amide bonds. The Morgan fingerprint density at radius 2 is 2.11 bits per heavy atom. The van der Waals surface area contributed by atoms with Gasteiger partial charge in [0.2, 0.25) is 0 Å². The van der Waals surface area contributed by atoms with E-state index < -0.39 is 36.5 Å². The fourth-order valence-corrected chi connectivity index (χ4v) is 2.86. The van der Waals surface area contributed by atoms with Crippen LogP contribution < -0.4 is 5.32 Å². The molecule has 1 saturated heterocycles. The maximum atomic E-state index is 12.1. The molecule has 1 aliphatic rings. The Labute approximate surface area is 166 Å². The van der Waals surface area contributed by atoms with Crippen LogP contribution >= 0.6 is 11.6 Å². The first-order valence-corrected chi connectivity index (χ1v) is 9.09. The largest absolute Gasteiger partial charge is 0.459 e. The van der Waals surface area contributed by atoms with Gasteiger partial charge >= 0.3 is 12.0 Å². The molecule has 0 spiro atoms. The number of nitroso groups, excluding NO2 is 1. The molecule has 0 radical (unpaired) electrons. The molecule has 0 aromatic heterocycles. The molecule has 4 atom stereocenters. The van der Waals surface area contributed by atoms with Crippen LogP contribution in [-0.2, 0) is 14.2 Å². The van der Waals surface area contributed by atoms with Gasteiger partial charge in [0.05, 0.1) is 29.5 Å². The van der Waals surface area contributed by atoms with E-state index in [4.69, 9.17) is 25.8 Å². The van der Waals surface area contributed by atoms with E-state index in [1.54, 1.807) is 30.3 Å². The SMILES string of the molecule is CO[C@@H]1O[C@H](COC(=O)c2ccccc2)C[C@H](NC(=O)N(CCCl)N=O)[C@H]1O. The number of hydrogen-bond donors (Lipinski definition) is 2. The third-order valence-electron chi connectivity index (χ3n) is 4.11. The Morgan fingerprint density at radius 3 is 2.71 bits per heavy atom. The number of amides is 2. The molecule has 0 unspecified atom stereocenters. The predicted molar refractivity (Wildman–Crippen MR) is 98.6 cm³/mol. The van der Waals surface area contributed by atoms with Gasteiger partial charge in [-0.15, -0.1) is 16.5 Å². The molecule has 1 fully saturated rings. The van der Waals surface area contributed by atoms with Crippen molar-refractivity contribution in [1.29, 1.82) is 0 Å². The second kappa shape index (κ2) is 10.9. The number of urea groups is 1. The smallest absolute Gasteiger partial charge is 0.340 e. The van der Waals surface area contributed by atoms with Crippen LogP contribution in [0.2, 0.25) is 0 Å². The second-order valence-corrected chi connectivity index (χ2v) is 6.38. The Bertz CT molecular complexity index is 663. The summed E-state index contributed by atoms with van der Waals surface area (Å²) < 4.78 is 15.9. The van der Waals surface area contributed by atoms with E-state index in [1.807, 2.05) is 0 Å². The summed E-state index contributed by atoms with van der Waals surface area (Å²) in [5.41, 5.74) is 0.389. The summed E-state index contributed by atoms with van der Waals surface area (Å²) in [7, 11) is 1.33. The lowest BCUT2D eigenvalue weighted by atomic mass is 10.00. The maximum Gasteiger partial charge on any atom is 0.340 e. The van der Waals surface area contributed by atoms with Crippen LogP contribution in [0.4, 0.5) is 4.79 Å². The van der Waals surface area contributed by atoms with E-state index in [0.717, 1.165) is 0 Å². The first kappa shape index (κ1) is 22.0. The van der Waals surface area contributed by atoms with Gasteiger partial charge in [-0.2, -0.15) is 5.01 Å². The summed E-state index contributed by atoms with van der Waals surface area (Å²) in [6.07, 6.45) is -2.76. The molecular formula is C17H22ClN3O7. The van der Waals surface area contributed by atoms with Gasteiger partial charge < -0.3 is 24.6 Å². The molecule has 154 valence electrons. The third-order valence-corrected chi connectivity index (χ3v) is 4.28. The minimum Gasteiger partial charge on any atom is -0.459 e. The number of alkyl halides is 1. The Balaban J connectivity index is 1.97. The van der Waals surface area contributed by atoms with Crippen LogP contribution in [0.3, 0.4) is 0 Å². The molecule has 28 heavy (non-hydrogen) atoms. The van der Waals surface area contributed by atoms with Crippen molar-refractivity contribution in [3.8, 4) is 0 Å². The summed E-state index contributed by atoms with van der Waals surface area (Å²) in [4.78, 5) is 34.9. The van der Waals surface area contributed by atoms with Crippen molar-refractivity contribution in [2.75, 3.05) is 26.1 Å². The first-order chi connectivity index (χ1) is 13.5. The van der Waals surface area contributed by atoms with Gasteiger partial charge in [0.1, 0.15) is 12.7 Å². The van der Waals surface area contributed by atoms with Crippen LogP contribution in [0.15, 0.2) is 35.6 Å². The van der Waals surface area contributed by atoms with E-state index in [2.05, 4.69) is 10.6 Å². The fraction of sp³-hybridized carbons (Fsp3) is 0.529. The van der Waals surface area contributed by atoms with Gasteiger partial charge in [0.15, 0.2) is 6.29 Å². The zero-order valence-corrected chi connectivity index (χ0v) is 15.9. The average molecular weight is 416 g/mol.